The molecule has 14 heavy (non-hydrogen) atoms. The topological polar surface area (TPSA) is 44.8 Å². The maximum atomic E-state index is 11.5. The summed E-state index contributed by atoms with van der Waals surface area (Å²) in [4.78, 5) is 11.5. The molecular weight excluding hydrogens is 184 g/mol. The van der Waals surface area contributed by atoms with Crippen molar-refractivity contribution in [1.29, 1.82) is 0 Å². The van der Waals surface area contributed by atoms with Crippen LogP contribution in [0.2, 0.25) is 0 Å². The van der Waals surface area contributed by atoms with Crippen LogP contribution in [0.25, 0.3) is 0 Å². The van der Waals surface area contributed by atoms with Crippen molar-refractivity contribution in [2.24, 2.45) is 0 Å². The maximum absolute atomic E-state index is 11.5. The first-order valence-electron chi connectivity index (χ1n) is 4.12. The lowest BCUT2D eigenvalue weighted by molar-refractivity contribution is 0.101. The second-order valence-electron chi connectivity index (χ2n) is 2.90. The summed E-state index contributed by atoms with van der Waals surface area (Å²) in [5.41, 5.74) is 1.11. The van der Waals surface area contributed by atoms with E-state index in [9.17, 15) is 4.79 Å². The van der Waals surface area contributed by atoms with Crippen molar-refractivity contribution < 1.29 is 19.0 Å². The Hall–Kier alpha value is -1.71. The molecule has 1 aromatic rings. The molecule has 1 aromatic carbocycles. The molecule has 74 valence electrons. The van der Waals surface area contributed by atoms with Gasteiger partial charge in [-0.2, -0.15) is 0 Å². The van der Waals surface area contributed by atoms with Crippen molar-refractivity contribution in [3.05, 3.63) is 17.2 Å². The van der Waals surface area contributed by atoms with Gasteiger partial charge in [0.25, 0.3) is 0 Å². The van der Waals surface area contributed by atoms with E-state index in [0.717, 1.165) is 0 Å². The predicted molar refractivity (Wildman–Crippen MR) is 49.5 cm³/mol. The highest BCUT2D eigenvalue weighted by Gasteiger charge is 2.35. The van der Waals surface area contributed by atoms with Gasteiger partial charge in [-0.1, -0.05) is 0 Å². The van der Waals surface area contributed by atoms with E-state index in [-0.39, 0.29) is 5.78 Å². The Kier molecular flexibility index (Phi) is 1.84. The molecule has 0 spiro atoms. The van der Waals surface area contributed by atoms with Gasteiger partial charge in [-0.3, -0.25) is 4.79 Å². The third-order valence-corrected chi connectivity index (χ3v) is 2.29. The molecule has 0 heterocycles. The normalized spacial score (nSPS) is 12.1. The monoisotopic (exact) mass is 194 g/mol. The summed E-state index contributed by atoms with van der Waals surface area (Å²) in [7, 11) is 4.52. The fraction of sp³-hybridized carbons (Fsp3) is 0.300. The zero-order valence-corrected chi connectivity index (χ0v) is 8.21. The zero-order chi connectivity index (χ0) is 10.3. The maximum Gasteiger partial charge on any atom is 0.204 e. The van der Waals surface area contributed by atoms with Gasteiger partial charge in [0.1, 0.15) is 0 Å². The largest absolute Gasteiger partial charge is 0.492 e. The molecular formula is C10H10O4. The van der Waals surface area contributed by atoms with E-state index in [1.54, 1.807) is 6.07 Å². The van der Waals surface area contributed by atoms with Crippen LogP contribution in [0.4, 0.5) is 0 Å². The van der Waals surface area contributed by atoms with E-state index >= 15 is 0 Å². The highest BCUT2D eigenvalue weighted by atomic mass is 16.5. The standard InChI is InChI=1S/C10H10O4/c1-12-8-5-4-6(7(5)11)9(13-2)10(8)14-3/h4H,1-3H3. The van der Waals surface area contributed by atoms with Crippen molar-refractivity contribution >= 4 is 5.78 Å². The number of carbonyl (C=O) groups is 1. The molecule has 0 saturated heterocycles. The van der Waals surface area contributed by atoms with Crippen molar-refractivity contribution in [3.63, 3.8) is 0 Å². The van der Waals surface area contributed by atoms with Gasteiger partial charge in [0.15, 0.2) is 11.5 Å². The van der Waals surface area contributed by atoms with Crippen LogP contribution in [0, 0.1) is 0 Å². The van der Waals surface area contributed by atoms with Crippen LogP contribution in [-0.2, 0) is 0 Å². The number of methoxy groups -OCH3 is 3. The third kappa shape index (κ3) is 0.852. The smallest absolute Gasteiger partial charge is 0.204 e. The average molecular weight is 194 g/mol. The van der Waals surface area contributed by atoms with Crippen LogP contribution < -0.4 is 14.2 Å². The number of rotatable bonds is 3. The molecule has 2 aliphatic rings. The number of fused-ring (bicyclic) bond motifs is 2. The number of ether oxygens (including phenoxy) is 3. The average Bonchev–Trinajstić information content (AvgIpc) is 2.25. The minimum Gasteiger partial charge on any atom is -0.492 e. The van der Waals surface area contributed by atoms with Crippen molar-refractivity contribution in [3.8, 4) is 17.2 Å². The molecule has 4 nitrogen and oxygen atoms in total. The van der Waals surface area contributed by atoms with Gasteiger partial charge in [-0.05, 0) is 6.07 Å². The summed E-state index contributed by atoms with van der Waals surface area (Å²) in [5.74, 6) is 1.34. The summed E-state index contributed by atoms with van der Waals surface area (Å²) in [6.07, 6.45) is 0. The Bertz CT molecular complexity index is 377. The van der Waals surface area contributed by atoms with Crippen molar-refractivity contribution in [1.82, 2.24) is 0 Å². The van der Waals surface area contributed by atoms with Gasteiger partial charge in [-0.15, -0.1) is 0 Å². The number of carbonyl (C=O) groups excluding carboxylic acids is 1. The van der Waals surface area contributed by atoms with Crippen LogP contribution in [0.5, 0.6) is 17.2 Å². The first-order valence-corrected chi connectivity index (χ1v) is 4.12. The van der Waals surface area contributed by atoms with Gasteiger partial charge in [0.05, 0.1) is 32.5 Å². The molecule has 0 fully saturated rings. The molecule has 0 N–H and O–H groups in total. The molecule has 0 aromatic heterocycles. The summed E-state index contributed by atoms with van der Waals surface area (Å²) >= 11 is 0. The number of hydrogen-bond donors (Lipinski definition) is 0. The fourth-order valence-corrected chi connectivity index (χ4v) is 1.62. The second kappa shape index (κ2) is 2.90. The van der Waals surface area contributed by atoms with Crippen molar-refractivity contribution in [2.75, 3.05) is 21.3 Å². The SMILES string of the molecule is COc1c2cc(c(OC)c1OC)C2=O. The van der Waals surface area contributed by atoms with E-state index in [0.29, 0.717) is 28.4 Å². The molecule has 0 atom stereocenters. The van der Waals surface area contributed by atoms with Crippen LogP contribution in [0.1, 0.15) is 15.9 Å². The summed E-state index contributed by atoms with van der Waals surface area (Å²) < 4.78 is 15.3. The number of hydrogen-bond acceptors (Lipinski definition) is 4. The van der Waals surface area contributed by atoms with Gasteiger partial charge < -0.3 is 14.2 Å². The Labute approximate surface area is 81.4 Å². The van der Waals surface area contributed by atoms with Gasteiger partial charge in [0.2, 0.25) is 11.5 Å². The van der Waals surface area contributed by atoms with E-state index in [1.165, 1.54) is 21.3 Å². The van der Waals surface area contributed by atoms with Crippen LogP contribution in [0.15, 0.2) is 6.07 Å². The first kappa shape index (κ1) is 8.87. The number of benzene rings is 1. The minimum absolute atomic E-state index is 0.0421. The fourth-order valence-electron chi connectivity index (χ4n) is 1.62. The Morgan fingerprint density at radius 1 is 0.857 bits per heavy atom. The number of ketones is 1. The lowest BCUT2D eigenvalue weighted by Crippen LogP contribution is -2.17. The highest BCUT2D eigenvalue weighted by molar-refractivity contribution is 6.21. The molecule has 0 unspecified atom stereocenters. The van der Waals surface area contributed by atoms with Gasteiger partial charge in [0, 0.05) is 0 Å². The Morgan fingerprint density at radius 2 is 1.29 bits per heavy atom. The first-order chi connectivity index (χ1) is 6.74. The quantitative estimate of drug-likeness (QED) is 0.737. The third-order valence-electron chi connectivity index (χ3n) is 2.29. The summed E-state index contributed by atoms with van der Waals surface area (Å²) in [6, 6.07) is 1.74. The molecule has 4 heteroatoms. The van der Waals surface area contributed by atoms with E-state index in [4.69, 9.17) is 14.2 Å². The molecule has 0 radical (unpaired) electrons. The molecule has 3 rings (SSSR count). The van der Waals surface area contributed by atoms with Gasteiger partial charge >= 0.3 is 0 Å². The summed E-state index contributed by atoms with van der Waals surface area (Å²) in [6.45, 7) is 0. The van der Waals surface area contributed by atoms with E-state index < -0.39 is 0 Å². The molecule has 0 amide bonds. The van der Waals surface area contributed by atoms with Crippen molar-refractivity contribution in [2.45, 2.75) is 0 Å². The highest BCUT2D eigenvalue weighted by Crippen LogP contribution is 2.49. The predicted octanol–water partition coefficient (Wildman–Crippen LogP) is 1.26. The van der Waals surface area contributed by atoms with Gasteiger partial charge in [-0.25, -0.2) is 0 Å². The molecule has 0 saturated carbocycles. The lowest BCUT2D eigenvalue weighted by Gasteiger charge is -2.23. The zero-order valence-electron chi connectivity index (χ0n) is 8.21. The second-order valence-corrected chi connectivity index (χ2v) is 2.90. The lowest BCUT2D eigenvalue weighted by atomic mass is 9.88. The van der Waals surface area contributed by atoms with Crippen LogP contribution in [0.3, 0.4) is 0 Å². The Morgan fingerprint density at radius 3 is 1.57 bits per heavy atom. The Balaban J connectivity index is 2.68. The van der Waals surface area contributed by atoms with E-state index in [1.807, 2.05) is 0 Å². The van der Waals surface area contributed by atoms with E-state index in [2.05, 4.69) is 0 Å². The van der Waals surface area contributed by atoms with Crippen LogP contribution >= 0.6 is 0 Å². The molecule has 2 bridgehead atoms. The molecule has 0 aliphatic heterocycles. The summed E-state index contributed by atoms with van der Waals surface area (Å²) in [5, 5.41) is 0. The molecule has 2 aliphatic carbocycles. The van der Waals surface area contributed by atoms with Crippen LogP contribution in [-0.4, -0.2) is 27.1 Å². The minimum atomic E-state index is -0.0421.